The number of pyridine rings is 2. The van der Waals surface area contributed by atoms with E-state index in [0.717, 1.165) is 0 Å². The molecule has 0 aliphatic heterocycles. The second-order valence-electron chi connectivity index (χ2n) is 7.42. The molecule has 0 N–H and O–H groups in total. The topological polar surface area (TPSA) is 4.41 Å². The summed E-state index contributed by atoms with van der Waals surface area (Å²) in [7, 11) is 0. The van der Waals surface area contributed by atoms with Gasteiger partial charge in [0.2, 0.25) is 0 Å². The molecule has 6 rings (SSSR count). The minimum atomic E-state index is 0. The van der Waals surface area contributed by atoms with E-state index in [2.05, 4.69) is 84.1 Å². The molecular formula is C27H17NY2-2. The van der Waals surface area contributed by atoms with E-state index in [9.17, 15) is 0 Å². The Morgan fingerprint density at radius 2 is 1.03 bits per heavy atom. The van der Waals surface area contributed by atoms with E-state index in [1.54, 1.807) is 0 Å². The van der Waals surface area contributed by atoms with Crippen LogP contribution in [0.15, 0.2) is 84.9 Å². The molecule has 0 aliphatic rings. The maximum Gasteiger partial charge on any atom is 0.0607 e. The Bertz CT molecular complexity index is 1340. The van der Waals surface area contributed by atoms with Crippen LogP contribution in [0.3, 0.4) is 0 Å². The van der Waals surface area contributed by atoms with E-state index < -0.39 is 0 Å². The predicted octanol–water partition coefficient (Wildman–Crippen LogP) is 6.92. The minimum Gasteiger partial charge on any atom is -0.308 e. The monoisotopic (exact) mass is 533 g/mol. The van der Waals surface area contributed by atoms with Gasteiger partial charge in [-0.2, -0.15) is 60.7 Å². The smallest absolute Gasteiger partial charge is 0.0607 e. The maximum absolute atomic E-state index is 3.13. The summed E-state index contributed by atoms with van der Waals surface area (Å²) in [5.41, 5.74) is 10.0. The Labute approximate surface area is 226 Å². The van der Waals surface area contributed by atoms with Gasteiger partial charge in [0.05, 0.1) is 16.6 Å². The zero-order valence-corrected chi connectivity index (χ0v) is 22.4. The first-order valence-corrected chi connectivity index (χ1v) is 9.53. The van der Waals surface area contributed by atoms with E-state index in [-0.39, 0.29) is 65.4 Å². The van der Waals surface area contributed by atoms with Crippen LogP contribution in [0.1, 0.15) is 5.56 Å². The molecule has 2 radical (unpaired) electrons. The number of nitrogens with zero attached hydrogens (tertiary/aromatic N) is 1. The Morgan fingerprint density at radius 3 is 1.47 bits per heavy atom. The normalized spacial score (nSPS) is 11.0. The van der Waals surface area contributed by atoms with Gasteiger partial charge in [0.15, 0.2) is 0 Å². The van der Waals surface area contributed by atoms with Crippen molar-refractivity contribution in [3.63, 3.8) is 0 Å². The summed E-state index contributed by atoms with van der Waals surface area (Å²) < 4.78 is 2.43. The van der Waals surface area contributed by atoms with Gasteiger partial charge >= 0.3 is 0 Å². The Hall–Kier alpha value is -1.37. The molecule has 0 unspecified atom stereocenters. The third-order valence-corrected chi connectivity index (χ3v) is 5.63. The molecule has 0 fully saturated rings. The molecule has 0 saturated heterocycles. The number of benzene rings is 3. The number of rotatable bonds is 2. The van der Waals surface area contributed by atoms with Crippen molar-refractivity contribution in [1.82, 2.24) is 4.40 Å². The van der Waals surface area contributed by atoms with Crippen LogP contribution in [0.5, 0.6) is 0 Å². The van der Waals surface area contributed by atoms with Crippen LogP contribution < -0.4 is 0 Å². The van der Waals surface area contributed by atoms with Gasteiger partial charge in [-0.3, -0.25) is 0 Å². The molecule has 0 atom stereocenters. The van der Waals surface area contributed by atoms with Gasteiger partial charge in [0.1, 0.15) is 0 Å². The molecule has 3 heteroatoms. The number of aromatic nitrogens is 1. The van der Waals surface area contributed by atoms with Crippen molar-refractivity contribution in [3.05, 3.63) is 103 Å². The summed E-state index contributed by atoms with van der Waals surface area (Å²) in [6, 6.07) is 36.5. The fourth-order valence-electron chi connectivity index (χ4n) is 4.47. The quantitative estimate of drug-likeness (QED) is 0.213. The molecule has 30 heavy (non-hydrogen) atoms. The largest absolute Gasteiger partial charge is 0.308 e. The molecule has 0 bridgehead atoms. The van der Waals surface area contributed by atoms with Crippen molar-refractivity contribution in [3.8, 4) is 22.3 Å². The number of hydrogen-bond acceptors (Lipinski definition) is 0. The zero-order valence-electron chi connectivity index (χ0n) is 16.7. The standard InChI is InChI=1S/C27H17N.2Y/c1-18-14-21-16-23(19-8-4-2-5-9-19)25-12-13-26-24(20-10-6-3-7-11-20)17-22(15-18)27(21)28(25)26;;/h4-17H,1H3;;/q-2;;. The second-order valence-corrected chi connectivity index (χ2v) is 7.42. The van der Waals surface area contributed by atoms with E-state index in [1.165, 1.54) is 55.1 Å². The van der Waals surface area contributed by atoms with Gasteiger partial charge in [0, 0.05) is 65.4 Å². The van der Waals surface area contributed by atoms with Crippen LogP contribution in [0.25, 0.3) is 49.6 Å². The van der Waals surface area contributed by atoms with Crippen molar-refractivity contribution in [2.75, 3.05) is 0 Å². The van der Waals surface area contributed by atoms with Crippen molar-refractivity contribution in [2.45, 2.75) is 6.92 Å². The van der Waals surface area contributed by atoms with E-state index >= 15 is 0 Å². The Kier molecular flexibility index (Phi) is 6.29. The predicted molar refractivity (Wildman–Crippen MR) is 117 cm³/mol. The first kappa shape index (κ1) is 21.8. The molecule has 0 amide bonds. The summed E-state index contributed by atoms with van der Waals surface area (Å²) in [4.78, 5) is 0. The molecule has 0 spiro atoms. The van der Waals surface area contributed by atoms with Crippen LogP contribution >= 0.6 is 0 Å². The number of hydrogen-bond donors (Lipinski definition) is 0. The molecule has 0 saturated carbocycles. The molecule has 0 aliphatic carbocycles. The summed E-state index contributed by atoms with van der Waals surface area (Å²) in [6.07, 6.45) is 0. The van der Waals surface area contributed by atoms with Crippen molar-refractivity contribution >= 4 is 27.3 Å². The third-order valence-electron chi connectivity index (χ3n) is 5.63. The van der Waals surface area contributed by atoms with Gasteiger partial charge in [-0.05, 0) is 70.8 Å². The van der Waals surface area contributed by atoms with E-state index in [0.29, 0.717) is 0 Å². The van der Waals surface area contributed by atoms with E-state index in [1.807, 2.05) is 24.3 Å². The Balaban J connectivity index is 0.00000109. The molecule has 138 valence electrons. The van der Waals surface area contributed by atoms with Gasteiger partial charge in [-0.15, -0.1) is 11.1 Å². The van der Waals surface area contributed by atoms with Gasteiger partial charge < -0.3 is 4.40 Å². The van der Waals surface area contributed by atoms with Crippen molar-refractivity contribution in [1.29, 1.82) is 0 Å². The third kappa shape index (κ3) is 3.41. The van der Waals surface area contributed by atoms with Crippen LogP contribution in [0.2, 0.25) is 0 Å². The van der Waals surface area contributed by atoms with Gasteiger partial charge in [0.25, 0.3) is 0 Å². The first-order valence-electron chi connectivity index (χ1n) is 9.53. The summed E-state index contributed by atoms with van der Waals surface area (Å²) in [6.45, 7) is 2.17. The van der Waals surface area contributed by atoms with Crippen molar-refractivity contribution < 1.29 is 65.4 Å². The summed E-state index contributed by atoms with van der Waals surface area (Å²) in [5, 5.41) is 2.55. The maximum atomic E-state index is 3.13. The fraction of sp³-hybridized carbons (Fsp3) is 0.0370. The van der Waals surface area contributed by atoms with Gasteiger partial charge in [-0.1, -0.05) is 0 Å². The molecule has 6 aromatic rings. The SMILES string of the molecule is Cc1cc2cc(-c3cc[c-]cc3)c3ccc4c(-c5cc[c-]cc5)cc(c1)c2n34.[Y].[Y]. The summed E-state index contributed by atoms with van der Waals surface area (Å²) >= 11 is 0. The van der Waals surface area contributed by atoms with E-state index in [4.69, 9.17) is 0 Å². The van der Waals surface area contributed by atoms with Gasteiger partial charge in [-0.25, -0.2) is 0 Å². The Morgan fingerprint density at radius 1 is 0.600 bits per heavy atom. The molecular weight excluding hydrogens is 516 g/mol. The molecule has 3 heterocycles. The molecule has 3 aromatic heterocycles. The van der Waals surface area contributed by atoms with Crippen LogP contribution in [-0.4, -0.2) is 4.40 Å². The van der Waals surface area contributed by atoms with Crippen molar-refractivity contribution in [2.24, 2.45) is 0 Å². The average molecular weight is 533 g/mol. The number of aryl methyl sites for hydroxylation is 1. The van der Waals surface area contributed by atoms with Crippen LogP contribution in [0.4, 0.5) is 0 Å². The first-order chi connectivity index (χ1) is 13.8. The zero-order chi connectivity index (χ0) is 18.7. The summed E-state index contributed by atoms with van der Waals surface area (Å²) in [5.74, 6) is 0. The van der Waals surface area contributed by atoms with Crippen LogP contribution in [-0.2, 0) is 65.4 Å². The average Bonchev–Trinajstić information content (AvgIpc) is 3.18. The van der Waals surface area contributed by atoms with Crippen LogP contribution in [0, 0.1) is 19.1 Å². The minimum absolute atomic E-state index is 0. The molecule has 3 aromatic carbocycles. The second kappa shape index (κ2) is 8.64. The fourth-order valence-corrected chi connectivity index (χ4v) is 4.47. The molecule has 1 nitrogen and oxygen atoms in total.